The van der Waals surface area contributed by atoms with Crippen LogP contribution in [0.5, 0.6) is 5.75 Å². The molecule has 4 heterocycles. The number of ether oxygens (including phenoxy) is 1. The van der Waals surface area contributed by atoms with Gasteiger partial charge in [-0.15, -0.1) is 22.7 Å². The monoisotopic (exact) mass is 437 g/mol. The maximum atomic E-state index is 5.31. The van der Waals surface area contributed by atoms with Crippen molar-refractivity contribution in [3.8, 4) is 16.9 Å². The molecule has 1 aromatic carbocycles. The van der Waals surface area contributed by atoms with Crippen molar-refractivity contribution < 1.29 is 4.74 Å². The summed E-state index contributed by atoms with van der Waals surface area (Å²) >= 11 is 3.40. The maximum Gasteiger partial charge on any atom is 0.141 e. The minimum Gasteiger partial charge on any atom is -0.497 e. The fourth-order valence-electron chi connectivity index (χ4n) is 3.91. The molecule has 1 aliphatic rings. The third kappa shape index (κ3) is 3.78. The van der Waals surface area contributed by atoms with Crippen LogP contribution in [0.2, 0.25) is 0 Å². The van der Waals surface area contributed by atoms with Gasteiger partial charge < -0.3 is 9.64 Å². The highest BCUT2D eigenvalue weighted by atomic mass is 32.1. The van der Waals surface area contributed by atoms with Crippen molar-refractivity contribution in [2.75, 3.05) is 38.2 Å². The van der Waals surface area contributed by atoms with Gasteiger partial charge in [-0.2, -0.15) is 0 Å². The Kier molecular flexibility index (Phi) is 5.37. The Morgan fingerprint density at radius 1 is 1.00 bits per heavy atom. The molecule has 0 aliphatic carbocycles. The summed E-state index contributed by atoms with van der Waals surface area (Å²) in [6.07, 6.45) is 1.69. The smallest absolute Gasteiger partial charge is 0.141 e. The first-order valence-electron chi connectivity index (χ1n) is 9.96. The molecule has 4 aromatic rings. The summed E-state index contributed by atoms with van der Waals surface area (Å²) in [4.78, 5) is 19.7. The van der Waals surface area contributed by atoms with Crippen molar-refractivity contribution >= 4 is 38.7 Å². The number of nitrogens with zero attached hydrogens (tertiary/aromatic N) is 5. The van der Waals surface area contributed by atoms with E-state index in [1.807, 2.05) is 12.1 Å². The van der Waals surface area contributed by atoms with Crippen LogP contribution in [-0.4, -0.2) is 53.1 Å². The zero-order valence-corrected chi connectivity index (χ0v) is 18.7. The summed E-state index contributed by atoms with van der Waals surface area (Å²) in [6.45, 7) is 6.90. The second kappa shape index (κ2) is 8.29. The molecule has 6 nitrogen and oxygen atoms in total. The molecule has 1 saturated heterocycles. The molecule has 0 radical (unpaired) electrons. The number of thiophene rings is 1. The van der Waals surface area contributed by atoms with Crippen LogP contribution < -0.4 is 9.64 Å². The molecule has 0 saturated carbocycles. The number of aromatic nitrogens is 3. The first kappa shape index (κ1) is 19.4. The zero-order chi connectivity index (χ0) is 20.5. The van der Waals surface area contributed by atoms with Gasteiger partial charge in [0.25, 0.3) is 0 Å². The van der Waals surface area contributed by atoms with E-state index in [1.165, 1.54) is 11.3 Å². The molecule has 0 spiro atoms. The van der Waals surface area contributed by atoms with Gasteiger partial charge in [0.05, 0.1) is 23.2 Å². The molecule has 154 valence electrons. The van der Waals surface area contributed by atoms with Crippen LogP contribution in [0, 0.1) is 6.92 Å². The SMILES string of the molecule is COc1ccc(-c2csc3ncnc(N4CCN(Cc5csc(C)n5)CC4)c23)cc1. The Hall–Kier alpha value is -2.55. The number of rotatable bonds is 5. The lowest BCUT2D eigenvalue weighted by Gasteiger charge is -2.35. The number of aryl methyl sites for hydroxylation is 1. The third-order valence-corrected chi connectivity index (χ3v) is 7.18. The van der Waals surface area contributed by atoms with Crippen molar-refractivity contribution in [1.82, 2.24) is 19.9 Å². The minimum atomic E-state index is 0.862. The van der Waals surface area contributed by atoms with Crippen LogP contribution in [-0.2, 0) is 6.54 Å². The molecule has 1 aliphatic heterocycles. The summed E-state index contributed by atoms with van der Waals surface area (Å²) in [5, 5.41) is 6.64. The van der Waals surface area contributed by atoms with Gasteiger partial charge >= 0.3 is 0 Å². The second-order valence-corrected chi connectivity index (χ2v) is 9.30. The van der Waals surface area contributed by atoms with Gasteiger partial charge in [0.1, 0.15) is 22.7 Å². The highest BCUT2D eigenvalue weighted by molar-refractivity contribution is 7.17. The van der Waals surface area contributed by atoms with Crippen LogP contribution in [0.3, 0.4) is 0 Å². The molecular formula is C22H23N5OS2. The van der Waals surface area contributed by atoms with E-state index < -0.39 is 0 Å². The zero-order valence-electron chi connectivity index (χ0n) is 17.0. The number of benzene rings is 1. The average Bonchev–Trinajstić information content (AvgIpc) is 3.40. The Morgan fingerprint density at radius 2 is 1.80 bits per heavy atom. The second-order valence-electron chi connectivity index (χ2n) is 7.38. The standard InChI is InChI=1S/C22H23N5OS2/c1-15-25-17(12-29-15)11-26-7-9-27(10-8-26)21-20-19(13-30-22(20)24-14-23-21)16-3-5-18(28-2)6-4-16/h3-6,12-14H,7-11H2,1-2H3. The van der Waals surface area contributed by atoms with E-state index in [9.17, 15) is 0 Å². The molecule has 0 amide bonds. The largest absolute Gasteiger partial charge is 0.497 e. The molecule has 8 heteroatoms. The molecule has 0 atom stereocenters. The predicted octanol–water partition coefficient (Wildman–Crippen LogP) is 4.45. The summed E-state index contributed by atoms with van der Waals surface area (Å²) in [5.41, 5.74) is 3.53. The summed E-state index contributed by atoms with van der Waals surface area (Å²) in [7, 11) is 1.69. The highest BCUT2D eigenvalue weighted by Crippen LogP contribution is 2.38. The quantitative estimate of drug-likeness (QED) is 0.460. The number of fused-ring (bicyclic) bond motifs is 1. The van der Waals surface area contributed by atoms with E-state index in [1.54, 1.807) is 36.1 Å². The molecule has 0 N–H and O–H groups in total. The lowest BCUT2D eigenvalue weighted by atomic mass is 10.1. The van der Waals surface area contributed by atoms with Crippen LogP contribution in [0.25, 0.3) is 21.3 Å². The van der Waals surface area contributed by atoms with E-state index in [0.29, 0.717) is 0 Å². The lowest BCUT2D eigenvalue weighted by Crippen LogP contribution is -2.46. The van der Waals surface area contributed by atoms with E-state index in [0.717, 1.165) is 65.1 Å². The maximum absolute atomic E-state index is 5.31. The van der Waals surface area contributed by atoms with Crippen LogP contribution in [0.1, 0.15) is 10.7 Å². The molecule has 3 aromatic heterocycles. The molecule has 5 rings (SSSR count). The Bertz CT molecular complexity index is 1150. The predicted molar refractivity (Wildman–Crippen MR) is 124 cm³/mol. The molecular weight excluding hydrogens is 414 g/mol. The van der Waals surface area contributed by atoms with Gasteiger partial charge in [-0.25, -0.2) is 15.0 Å². The number of thiazole rings is 1. The van der Waals surface area contributed by atoms with E-state index in [-0.39, 0.29) is 0 Å². The van der Waals surface area contributed by atoms with Crippen molar-refractivity contribution in [2.45, 2.75) is 13.5 Å². The van der Waals surface area contributed by atoms with E-state index in [4.69, 9.17) is 9.72 Å². The van der Waals surface area contributed by atoms with Gasteiger partial charge in [0.15, 0.2) is 0 Å². The lowest BCUT2D eigenvalue weighted by molar-refractivity contribution is 0.247. The number of methoxy groups -OCH3 is 1. The van der Waals surface area contributed by atoms with Crippen molar-refractivity contribution in [3.63, 3.8) is 0 Å². The first-order chi connectivity index (χ1) is 14.7. The minimum absolute atomic E-state index is 0.862. The summed E-state index contributed by atoms with van der Waals surface area (Å²) in [5.74, 6) is 1.90. The van der Waals surface area contributed by atoms with Gasteiger partial charge in [0.2, 0.25) is 0 Å². The first-order valence-corrected chi connectivity index (χ1v) is 11.7. The normalized spacial score (nSPS) is 15.1. The van der Waals surface area contributed by atoms with Gasteiger partial charge in [-0.05, 0) is 24.6 Å². The fraction of sp³-hybridized carbons (Fsp3) is 0.318. The highest BCUT2D eigenvalue weighted by Gasteiger charge is 2.23. The summed E-state index contributed by atoms with van der Waals surface area (Å²) in [6, 6.07) is 8.21. The molecule has 0 bridgehead atoms. The van der Waals surface area contributed by atoms with E-state index in [2.05, 4.69) is 49.6 Å². The van der Waals surface area contributed by atoms with Crippen molar-refractivity contribution in [1.29, 1.82) is 0 Å². The number of hydrogen-bond donors (Lipinski definition) is 0. The average molecular weight is 438 g/mol. The molecule has 0 unspecified atom stereocenters. The van der Waals surface area contributed by atoms with Gasteiger partial charge in [-0.1, -0.05) is 12.1 Å². The third-order valence-electron chi connectivity index (χ3n) is 5.48. The van der Waals surface area contributed by atoms with Crippen LogP contribution in [0.15, 0.2) is 41.4 Å². The van der Waals surface area contributed by atoms with Gasteiger partial charge in [0, 0.05) is 49.0 Å². The summed E-state index contributed by atoms with van der Waals surface area (Å²) < 4.78 is 5.31. The Balaban J connectivity index is 1.39. The molecule has 30 heavy (non-hydrogen) atoms. The van der Waals surface area contributed by atoms with Crippen molar-refractivity contribution in [2.24, 2.45) is 0 Å². The molecule has 1 fully saturated rings. The Labute approximate surface area is 183 Å². The topological polar surface area (TPSA) is 54.4 Å². The fourth-order valence-corrected chi connectivity index (χ4v) is 5.42. The van der Waals surface area contributed by atoms with E-state index >= 15 is 0 Å². The van der Waals surface area contributed by atoms with Gasteiger partial charge in [-0.3, -0.25) is 4.90 Å². The number of piperazine rings is 1. The number of hydrogen-bond acceptors (Lipinski definition) is 8. The van der Waals surface area contributed by atoms with Crippen LogP contribution in [0.4, 0.5) is 5.82 Å². The Morgan fingerprint density at radius 3 is 2.50 bits per heavy atom. The number of anilines is 1. The van der Waals surface area contributed by atoms with Crippen LogP contribution >= 0.6 is 22.7 Å². The van der Waals surface area contributed by atoms with Crippen molar-refractivity contribution in [3.05, 3.63) is 52.1 Å².